The molecule has 0 spiro atoms. The summed E-state index contributed by atoms with van der Waals surface area (Å²) in [5.74, 6) is 1.43. The highest BCUT2D eigenvalue weighted by Gasteiger charge is 2.22. The van der Waals surface area contributed by atoms with Crippen molar-refractivity contribution in [2.45, 2.75) is 51.6 Å². The van der Waals surface area contributed by atoms with Crippen LogP contribution in [0.2, 0.25) is 0 Å². The van der Waals surface area contributed by atoms with Crippen LogP contribution in [0.5, 0.6) is 0 Å². The summed E-state index contributed by atoms with van der Waals surface area (Å²) in [7, 11) is 3.99. The van der Waals surface area contributed by atoms with E-state index in [0.29, 0.717) is 5.92 Å². The van der Waals surface area contributed by atoms with Gasteiger partial charge in [-0.05, 0) is 63.1 Å². The van der Waals surface area contributed by atoms with Crippen LogP contribution in [0.3, 0.4) is 0 Å². The van der Waals surface area contributed by atoms with Gasteiger partial charge in [-0.2, -0.15) is 9.47 Å². The Morgan fingerprint density at radius 3 is 2.74 bits per heavy atom. The minimum absolute atomic E-state index is 0.0703. The molecule has 0 bridgehead atoms. The summed E-state index contributed by atoms with van der Waals surface area (Å²) in [6.07, 6.45) is 6.59. The van der Waals surface area contributed by atoms with Crippen molar-refractivity contribution in [3.8, 4) is 0 Å². The summed E-state index contributed by atoms with van der Waals surface area (Å²) >= 11 is 1.45. The first-order valence-electron chi connectivity index (χ1n) is 9.90. The molecule has 0 unspecified atom stereocenters. The van der Waals surface area contributed by atoms with Gasteiger partial charge in [-0.25, -0.2) is 9.67 Å². The van der Waals surface area contributed by atoms with Crippen molar-refractivity contribution in [1.82, 2.24) is 24.0 Å². The number of fused-ring (bicyclic) bond motifs is 1. The van der Waals surface area contributed by atoms with Crippen LogP contribution in [-0.4, -0.2) is 51.2 Å². The number of aryl methyl sites for hydroxylation is 2. The largest absolute Gasteiger partial charge is 0.353 e. The molecule has 27 heavy (non-hydrogen) atoms. The molecule has 1 aliphatic heterocycles. The lowest BCUT2D eigenvalue weighted by Crippen LogP contribution is -2.37. The highest BCUT2D eigenvalue weighted by molar-refractivity contribution is 7.09. The van der Waals surface area contributed by atoms with E-state index in [0.717, 1.165) is 68.5 Å². The fourth-order valence-electron chi connectivity index (χ4n) is 3.99. The number of aromatic nitrogens is 4. The molecule has 0 amide bonds. The molecule has 0 N–H and O–H groups in total. The summed E-state index contributed by atoms with van der Waals surface area (Å²) < 4.78 is 6.18. The third-order valence-electron chi connectivity index (χ3n) is 5.62. The number of rotatable bonds is 5. The molecule has 8 heteroatoms. The highest BCUT2D eigenvalue weighted by Crippen LogP contribution is 2.22. The Morgan fingerprint density at radius 1 is 1.22 bits per heavy atom. The Balaban J connectivity index is 1.32. The predicted molar refractivity (Wildman–Crippen MR) is 107 cm³/mol. The van der Waals surface area contributed by atoms with Gasteiger partial charge >= 0.3 is 0 Å². The van der Waals surface area contributed by atoms with E-state index in [-0.39, 0.29) is 5.56 Å². The quantitative estimate of drug-likeness (QED) is 0.780. The summed E-state index contributed by atoms with van der Waals surface area (Å²) in [6, 6.07) is 1.83. The second-order valence-corrected chi connectivity index (χ2v) is 8.68. The maximum Gasteiger partial charge on any atom is 0.267 e. The van der Waals surface area contributed by atoms with Crippen LogP contribution in [-0.2, 0) is 25.9 Å². The summed E-state index contributed by atoms with van der Waals surface area (Å²) in [4.78, 5) is 21.4. The maximum atomic E-state index is 12.4. The Hall–Kier alpha value is -1.80. The van der Waals surface area contributed by atoms with E-state index in [2.05, 4.69) is 19.4 Å². The van der Waals surface area contributed by atoms with Gasteiger partial charge < -0.3 is 4.90 Å². The number of likely N-dealkylation sites (tertiary alicyclic amines) is 1. The Bertz CT molecular complexity index is 837. The smallest absolute Gasteiger partial charge is 0.267 e. The highest BCUT2D eigenvalue weighted by atomic mass is 32.1. The number of hydrogen-bond acceptors (Lipinski definition) is 7. The molecule has 2 aliphatic rings. The standard InChI is InChI=1S/C19H28N6OS/c1-23(2)19-20-17(22-27-19)13-24-9-7-14(8-10-24)12-25-18(26)11-15-5-3-4-6-16(15)21-25/h11,14H,3-10,12-13H2,1-2H3. The van der Waals surface area contributed by atoms with E-state index in [1.165, 1.54) is 29.9 Å². The van der Waals surface area contributed by atoms with Crippen molar-refractivity contribution in [2.75, 3.05) is 32.1 Å². The second-order valence-electron chi connectivity index (χ2n) is 7.95. The third-order valence-corrected chi connectivity index (χ3v) is 6.54. The molecule has 2 aromatic rings. The topological polar surface area (TPSA) is 67.2 Å². The zero-order chi connectivity index (χ0) is 18.8. The van der Waals surface area contributed by atoms with Gasteiger partial charge in [0.05, 0.1) is 12.2 Å². The molecule has 0 atom stereocenters. The van der Waals surface area contributed by atoms with E-state index in [1.54, 1.807) is 4.68 Å². The van der Waals surface area contributed by atoms with Gasteiger partial charge in [-0.1, -0.05) is 0 Å². The molecule has 0 saturated carbocycles. The first kappa shape index (κ1) is 18.6. The van der Waals surface area contributed by atoms with Gasteiger partial charge in [-0.3, -0.25) is 9.69 Å². The van der Waals surface area contributed by atoms with Crippen LogP contribution in [0.4, 0.5) is 5.13 Å². The van der Waals surface area contributed by atoms with Gasteiger partial charge in [0, 0.05) is 38.2 Å². The molecular formula is C19H28N6OS. The lowest BCUT2D eigenvalue weighted by atomic mass is 9.96. The average molecular weight is 389 g/mol. The summed E-state index contributed by atoms with van der Waals surface area (Å²) in [5, 5.41) is 5.64. The van der Waals surface area contributed by atoms with Crippen LogP contribution in [0.1, 0.15) is 42.8 Å². The van der Waals surface area contributed by atoms with Gasteiger partial charge in [0.1, 0.15) is 0 Å². The van der Waals surface area contributed by atoms with Crippen molar-refractivity contribution in [2.24, 2.45) is 5.92 Å². The molecule has 0 radical (unpaired) electrons. The van der Waals surface area contributed by atoms with Gasteiger partial charge in [0.2, 0.25) is 5.13 Å². The normalized spacial score (nSPS) is 18.4. The fourth-order valence-corrected chi connectivity index (χ4v) is 4.59. The van der Waals surface area contributed by atoms with Crippen molar-refractivity contribution in [3.05, 3.63) is 33.5 Å². The fraction of sp³-hybridized carbons (Fsp3) is 0.684. The number of anilines is 1. The second kappa shape index (κ2) is 8.06. The monoisotopic (exact) mass is 388 g/mol. The van der Waals surface area contributed by atoms with Crippen molar-refractivity contribution in [1.29, 1.82) is 0 Å². The van der Waals surface area contributed by atoms with Gasteiger partial charge in [0.25, 0.3) is 5.56 Å². The van der Waals surface area contributed by atoms with Crippen molar-refractivity contribution < 1.29 is 0 Å². The molecule has 1 fully saturated rings. The molecular weight excluding hydrogens is 360 g/mol. The predicted octanol–water partition coefficient (Wildman–Crippen LogP) is 1.95. The van der Waals surface area contributed by atoms with Crippen molar-refractivity contribution >= 4 is 16.7 Å². The Kier molecular flexibility index (Phi) is 5.54. The molecule has 7 nitrogen and oxygen atoms in total. The molecule has 3 heterocycles. The Labute approximate surface area is 164 Å². The SMILES string of the molecule is CN(C)c1nc(CN2CCC(Cn3nc4c(cc3=O)CCCC4)CC2)ns1. The number of piperidine rings is 1. The van der Waals surface area contributed by atoms with E-state index in [1.807, 2.05) is 25.1 Å². The van der Waals surface area contributed by atoms with Gasteiger partial charge in [-0.15, -0.1) is 0 Å². The zero-order valence-corrected chi connectivity index (χ0v) is 17.0. The minimum atomic E-state index is 0.0703. The first-order valence-corrected chi connectivity index (χ1v) is 10.7. The van der Waals surface area contributed by atoms with Crippen LogP contribution < -0.4 is 10.5 Å². The van der Waals surface area contributed by atoms with Crippen LogP contribution in [0.25, 0.3) is 0 Å². The van der Waals surface area contributed by atoms with Crippen LogP contribution in [0.15, 0.2) is 10.9 Å². The van der Waals surface area contributed by atoms with Gasteiger partial charge in [0.15, 0.2) is 5.82 Å². The van der Waals surface area contributed by atoms with Crippen LogP contribution in [0, 0.1) is 5.92 Å². The maximum absolute atomic E-state index is 12.4. The molecule has 4 rings (SSSR count). The van der Waals surface area contributed by atoms with E-state index in [4.69, 9.17) is 0 Å². The molecule has 0 aromatic carbocycles. The van der Waals surface area contributed by atoms with Crippen molar-refractivity contribution in [3.63, 3.8) is 0 Å². The summed E-state index contributed by atoms with van der Waals surface area (Å²) in [6.45, 7) is 3.62. The first-order chi connectivity index (χ1) is 13.1. The molecule has 1 aliphatic carbocycles. The number of nitrogens with zero attached hydrogens (tertiary/aromatic N) is 6. The van der Waals surface area contributed by atoms with E-state index < -0.39 is 0 Å². The Morgan fingerprint density at radius 2 is 2.00 bits per heavy atom. The minimum Gasteiger partial charge on any atom is -0.353 e. The molecule has 1 saturated heterocycles. The average Bonchev–Trinajstić information content (AvgIpc) is 3.13. The molecule has 2 aromatic heterocycles. The van der Waals surface area contributed by atoms with Crippen LogP contribution >= 0.6 is 11.5 Å². The number of hydrogen-bond donors (Lipinski definition) is 0. The lowest BCUT2D eigenvalue weighted by Gasteiger charge is -2.31. The van der Waals surface area contributed by atoms with E-state index >= 15 is 0 Å². The lowest BCUT2D eigenvalue weighted by molar-refractivity contribution is 0.160. The zero-order valence-electron chi connectivity index (χ0n) is 16.2. The van der Waals surface area contributed by atoms with E-state index in [9.17, 15) is 4.79 Å². The molecule has 146 valence electrons. The summed E-state index contributed by atoms with van der Waals surface area (Å²) in [5.41, 5.74) is 2.38. The third kappa shape index (κ3) is 4.38.